The Morgan fingerprint density at radius 1 is 1.38 bits per heavy atom. The van der Waals surface area contributed by atoms with Crippen molar-refractivity contribution in [2.75, 3.05) is 26.7 Å². The third-order valence-corrected chi connectivity index (χ3v) is 4.58. The summed E-state index contributed by atoms with van der Waals surface area (Å²) in [5.74, 6) is 1.25. The van der Waals surface area contributed by atoms with Crippen molar-refractivity contribution in [3.8, 4) is 0 Å². The predicted octanol–water partition coefficient (Wildman–Crippen LogP) is 1.62. The molecule has 16 heavy (non-hydrogen) atoms. The maximum absolute atomic E-state index is 11.9. The molecule has 92 valence electrons. The molecule has 2 aliphatic rings. The van der Waals surface area contributed by atoms with Gasteiger partial charge in [-0.05, 0) is 51.7 Å². The largest absolute Gasteiger partial charge is 0.356 e. The Morgan fingerprint density at radius 3 is 2.56 bits per heavy atom. The van der Waals surface area contributed by atoms with Crippen molar-refractivity contribution in [2.45, 2.75) is 30.5 Å². The molecule has 1 aliphatic heterocycles. The molecule has 0 spiro atoms. The van der Waals surface area contributed by atoms with Crippen LogP contribution in [-0.2, 0) is 4.79 Å². The summed E-state index contributed by atoms with van der Waals surface area (Å²) in [6, 6.07) is 0. The van der Waals surface area contributed by atoms with Crippen LogP contribution < -0.4 is 5.32 Å². The minimum absolute atomic E-state index is 0.260. The highest BCUT2D eigenvalue weighted by Gasteiger charge is 2.28. The van der Waals surface area contributed by atoms with Crippen LogP contribution in [0.4, 0.5) is 0 Å². The standard InChI is InChI=1S/C12H21BrN2O/c1-15-4-2-10(3-5-15)12(16)14-8-9-6-11(13)7-9/h9-11H,2-8H2,1H3,(H,14,16). The molecule has 0 aromatic carbocycles. The van der Waals surface area contributed by atoms with E-state index in [0.717, 1.165) is 32.5 Å². The van der Waals surface area contributed by atoms with Crippen molar-refractivity contribution in [1.82, 2.24) is 10.2 Å². The van der Waals surface area contributed by atoms with E-state index in [1.54, 1.807) is 0 Å². The first-order valence-electron chi connectivity index (χ1n) is 6.25. The lowest BCUT2D eigenvalue weighted by Crippen LogP contribution is -2.42. The third kappa shape index (κ3) is 3.20. The first kappa shape index (κ1) is 12.4. The highest BCUT2D eigenvalue weighted by atomic mass is 79.9. The SMILES string of the molecule is CN1CCC(C(=O)NCC2CC(Br)C2)CC1. The highest BCUT2D eigenvalue weighted by Crippen LogP contribution is 2.32. The topological polar surface area (TPSA) is 32.3 Å². The fourth-order valence-corrected chi connectivity index (χ4v) is 3.54. The van der Waals surface area contributed by atoms with E-state index in [0.29, 0.717) is 10.7 Å². The molecule has 1 amide bonds. The van der Waals surface area contributed by atoms with E-state index >= 15 is 0 Å². The van der Waals surface area contributed by atoms with Gasteiger partial charge < -0.3 is 10.2 Å². The van der Waals surface area contributed by atoms with Crippen LogP contribution in [0.1, 0.15) is 25.7 Å². The molecule has 1 saturated heterocycles. The first-order valence-corrected chi connectivity index (χ1v) is 7.17. The summed E-state index contributed by atoms with van der Waals surface area (Å²) < 4.78 is 0. The molecule has 1 saturated carbocycles. The van der Waals surface area contributed by atoms with Crippen LogP contribution in [0.25, 0.3) is 0 Å². The molecule has 0 unspecified atom stereocenters. The van der Waals surface area contributed by atoms with Crippen molar-refractivity contribution < 1.29 is 4.79 Å². The van der Waals surface area contributed by atoms with Crippen molar-refractivity contribution in [3.63, 3.8) is 0 Å². The van der Waals surface area contributed by atoms with Crippen molar-refractivity contribution >= 4 is 21.8 Å². The summed E-state index contributed by atoms with van der Waals surface area (Å²) in [5.41, 5.74) is 0. The van der Waals surface area contributed by atoms with Crippen molar-refractivity contribution in [3.05, 3.63) is 0 Å². The van der Waals surface area contributed by atoms with Crippen LogP contribution in [0.15, 0.2) is 0 Å². The molecule has 2 fully saturated rings. The number of carbonyl (C=O) groups is 1. The second-order valence-corrected chi connectivity index (χ2v) is 6.55. The lowest BCUT2D eigenvalue weighted by Gasteiger charge is -2.33. The van der Waals surface area contributed by atoms with Crippen LogP contribution in [0.3, 0.4) is 0 Å². The van der Waals surface area contributed by atoms with Crippen molar-refractivity contribution in [2.24, 2.45) is 11.8 Å². The van der Waals surface area contributed by atoms with Crippen LogP contribution in [0.5, 0.6) is 0 Å². The maximum Gasteiger partial charge on any atom is 0.223 e. The fraction of sp³-hybridized carbons (Fsp3) is 0.917. The number of hydrogen-bond acceptors (Lipinski definition) is 2. The van der Waals surface area contributed by atoms with Crippen LogP contribution in [-0.4, -0.2) is 42.3 Å². The van der Waals surface area contributed by atoms with E-state index in [2.05, 4.69) is 33.2 Å². The second-order valence-electron chi connectivity index (χ2n) is 5.26. The van der Waals surface area contributed by atoms with Crippen molar-refractivity contribution in [1.29, 1.82) is 0 Å². The minimum Gasteiger partial charge on any atom is -0.356 e. The van der Waals surface area contributed by atoms with Gasteiger partial charge in [0.1, 0.15) is 0 Å². The number of likely N-dealkylation sites (tertiary alicyclic amines) is 1. The highest BCUT2D eigenvalue weighted by molar-refractivity contribution is 9.09. The lowest BCUT2D eigenvalue weighted by molar-refractivity contribution is -0.126. The number of alkyl halides is 1. The average Bonchev–Trinajstić information content (AvgIpc) is 2.23. The van der Waals surface area contributed by atoms with Crippen LogP contribution in [0, 0.1) is 11.8 Å². The Morgan fingerprint density at radius 2 is 2.00 bits per heavy atom. The molecule has 1 aliphatic carbocycles. The molecule has 0 atom stereocenters. The fourth-order valence-electron chi connectivity index (χ4n) is 2.48. The molecular weight excluding hydrogens is 268 g/mol. The minimum atomic E-state index is 0.260. The van der Waals surface area contributed by atoms with E-state index in [1.165, 1.54) is 12.8 Å². The van der Waals surface area contributed by atoms with E-state index in [-0.39, 0.29) is 11.8 Å². The number of carbonyl (C=O) groups excluding carboxylic acids is 1. The number of rotatable bonds is 3. The van der Waals surface area contributed by atoms with Crippen LogP contribution in [0.2, 0.25) is 0 Å². The summed E-state index contributed by atoms with van der Waals surface area (Å²) in [4.78, 5) is 14.9. The Kier molecular flexibility index (Phi) is 4.25. The smallest absolute Gasteiger partial charge is 0.223 e. The van der Waals surface area contributed by atoms with Gasteiger partial charge >= 0.3 is 0 Å². The average molecular weight is 289 g/mol. The predicted molar refractivity (Wildman–Crippen MR) is 68.7 cm³/mol. The monoisotopic (exact) mass is 288 g/mol. The summed E-state index contributed by atoms with van der Waals surface area (Å²) in [5, 5.41) is 3.11. The number of nitrogens with one attached hydrogen (secondary N) is 1. The number of amides is 1. The molecule has 2 rings (SSSR count). The Bertz CT molecular complexity index is 245. The molecule has 0 radical (unpaired) electrons. The zero-order valence-electron chi connectivity index (χ0n) is 9.92. The van der Waals surface area contributed by atoms with Gasteiger partial charge in [-0.1, -0.05) is 15.9 Å². The molecular formula is C12H21BrN2O. The van der Waals surface area contributed by atoms with E-state index < -0.39 is 0 Å². The third-order valence-electron chi connectivity index (χ3n) is 3.83. The summed E-state index contributed by atoms with van der Waals surface area (Å²) in [7, 11) is 2.12. The van der Waals surface area contributed by atoms with Gasteiger partial charge in [-0.2, -0.15) is 0 Å². The molecule has 1 N–H and O–H groups in total. The normalized spacial score (nSPS) is 32.1. The van der Waals surface area contributed by atoms with Crippen LogP contribution >= 0.6 is 15.9 Å². The van der Waals surface area contributed by atoms with Gasteiger partial charge in [0.05, 0.1) is 0 Å². The zero-order valence-corrected chi connectivity index (χ0v) is 11.5. The number of hydrogen-bond donors (Lipinski definition) is 1. The van der Waals surface area contributed by atoms with Gasteiger partial charge in [0.25, 0.3) is 0 Å². The molecule has 0 aromatic heterocycles. The van der Waals surface area contributed by atoms with Gasteiger partial charge in [0, 0.05) is 17.3 Å². The Balaban J connectivity index is 1.64. The Labute approximate surface area is 106 Å². The van der Waals surface area contributed by atoms with E-state index in [4.69, 9.17) is 0 Å². The zero-order chi connectivity index (χ0) is 11.5. The molecule has 0 bridgehead atoms. The quantitative estimate of drug-likeness (QED) is 0.801. The van der Waals surface area contributed by atoms with E-state index in [9.17, 15) is 4.79 Å². The maximum atomic E-state index is 11.9. The Hall–Kier alpha value is -0.0900. The van der Waals surface area contributed by atoms with E-state index in [1.807, 2.05) is 0 Å². The second kappa shape index (κ2) is 5.50. The van der Waals surface area contributed by atoms with Gasteiger partial charge in [-0.25, -0.2) is 0 Å². The summed E-state index contributed by atoms with van der Waals surface area (Å²) >= 11 is 3.57. The first-order chi connectivity index (χ1) is 7.65. The van der Waals surface area contributed by atoms with Gasteiger partial charge in [-0.15, -0.1) is 0 Å². The number of nitrogens with zero attached hydrogens (tertiary/aromatic N) is 1. The van der Waals surface area contributed by atoms with Gasteiger partial charge in [0.2, 0.25) is 5.91 Å². The van der Waals surface area contributed by atoms with Gasteiger partial charge in [-0.3, -0.25) is 4.79 Å². The molecule has 4 heteroatoms. The molecule has 1 heterocycles. The number of halogens is 1. The molecule has 3 nitrogen and oxygen atoms in total. The molecule has 0 aromatic rings. The summed E-state index contributed by atoms with van der Waals surface area (Å²) in [6.45, 7) is 3.00. The number of piperidine rings is 1. The summed E-state index contributed by atoms with van der Waals surface area (Å²) in [6.07, 6.45) is 4.48. The lowest BCUT2D eigenvalue weighted by atomic mass is 9.85. The van der Waals surface area contributed by atoms with Gasteiger partial charge in [0.15, 0.2) is 0 Å².